The summed E-state index contributed by atoms with van der Waals surface area (Å²) in [4.78, 5) is 13.6. The number of thiazole rings is 1. The minimum Gasteiger partial charge on any atom is -0.394 e. The Bertz CT molecular complexity index is 884. The highest BCUT2D eigenvalue weighted by atomic mass is 32.2. The number of hydrogen-bond acceptors (Lipinski definition) is 8. The van der Waals surface area contributed by atoms with Crippen LogP contribution in [0.1, 0.15) is 38.0 Å². The number of fused-ring (bicyclic) bond motifs is 1. The lowest BCUT2D eigenvalue weighted by Gasteiger charge is -2.19. The van der Waals surface area contributed by atoms with Crippen molar-refractivity contribution in [2.45, 2.75) is 43.6 Å². The van der Waals surface area contributed by atoms with Gasteiger partial charge >= 0.3 is 0 Å². The van der Waals surface area contributed by atoms with Crippen LogP contribution in [0.3, 0.4) is 0 Å². The molecule has 27 heavy (non-hydrogen) atoms. The van der Waals surface area contributed by atoms with Gasteiger partial charge < -0.3 is 16.2 Å². The first-order valence-electron chi connectivity index (χ1n) is 8.99. The Balaban J connectivity index is 1.90. The number of aliphatic hydroxyl groups is 1. The van der Waals surface area contributed by atoms with Gasteiger partial charge in [-0.15, -0.1) is 0 Å². The van der Waals surface area contributed by atoms with E-state index in [-0.39, 0.29) is 17.9 Å². The molecule has 6 nitrogen and oxygen atoms in total. The van der Waals surface area contributed by atoms with Crippen LogP contribution in [0, 0.1) is 5.92 Å². The fourth-order valence-corrected chi connectivity index (χ4v) is 4.48. The highest BCUT2D eigenvalue weighted by Gasteiger charge is 2.18. The SMILES string of the molecule is CC(C)C[C@H](CO)Nc1nc(SC(C)c2ccccc2)nc2nc(N)sc12. The fraction of sp³-hybridized carbons (Fsp3) is 0.421. The summed E-state index contributed by atoms with van der Waals surface area (Å²) in [6, 6.07) is 10.2. The molecular formula is C19H25N5OS2. The van der Waals surface area contributed by atoms with Crippen LogP contribution in [0.4, 0.5) is 10.9 Å². The number of aliphatic hydroxyl groups excluding tert-OH is 1. The van der Waals surface area contributed by atoms with Crippen molar-refractivity contribution in [2.24, 2.45) is 5.92 Å². The van der Waals surface area contributed by atoms with Crippen LogP contribution < -0.4 is 11.1 Å². The molecule has 4 N–H and O–H groups in total. The molecule has 0 aliphatic carbocycles. The number of benzene rings is 1. The Morgan fingerprint density at radius 2 is 1.89 bits per heavy atom. The molecule has 0 bridgehead atoms. The van der Waals surface area contributed by atoms with Gasteiger partial charge in [0, 0.05) is 5.25 Å². The number of nitrogen functional groups attached to an aromatic ring is 1. The van der Waals surface area contributed by atoms with Crippen molar-refractivity contribution in [3.8, 4) is 0 Å². The Morgan fingerprint density at radius 1 is 1.15 bits per heavy atom. The third-order valence-electron chi connectivity index (χ3n) is 4.12. The van der Waals surface area contributed by atoms with Crippen molar-refractivity contribution in [3.63, 3.8) is 0 Å². The van der Waals surface area contributed by atoms with Crippen LogP contribution in [0.25, 0.3) is 10.3 Å². The molecule has 2 aromatic heterocycles. The average Bonchev–Trinajstić information content (AvgIpc) is 3.02. The predicted molar refractivity (Wildman–Crippen MR) is 114 cm³/mol. The van der Waals surface area contributed by atoms with E-state index in [0.717, 1.165) is 11.1 Å². The van der Waals surface area contributed by atoms with E-state index >= 15 is 0 Å². The molecule has 3 aromatic rings. The van der Waals surface area contributed by atoms with E-state index in [9.17, 15) is 5.11 Å². The summed E-state index contributed by atoms with van der Waals surface area (Å²) in [5, 5.41) is 14.4. The Morgan fingerprint density at radius 3 is 2.56 bits per heavy atom. The molecule has 8 heteroatoms. The molecule has 1 unspecified atom stereocenters. The van der Waals surface area contributed by atoms with Crippen molar-refractivity contribution in [2.75, 3.05) is 17.7 Å². The number of thioether (sulfide) groups is 1. The number of hydrogen-bond donors (Lipinski definition) is 3. The summed E-state index contributed by atoms with van der Waals surface area (Å²) in [6.45, 7) is 6.44. The molecule has 2 heterocycles. The topological polar surface area (TPSA) is 97.0 Å². The molecule has 2 atom stereocenters. The van der Waals surface area contributed by atoms with Crippen molar-refractivity contribution >= 4 is 44.4 Å². The van der Waals surface area contributed by atoms with Gasteiger partial charge in [0.1, 0.15) is 4.70 Å². The van der Waals surface area contributed by atoms with Gasteiger partial charge in [-0.25, -0.2) is 15.0 Å². The van der Waals surface area contributed by atoms with Crippen LogP contribution >= 0.6 is 23.1 Å². The summed E-state index contributed by atoms with van der Waals surface area (Å²) < 4.78 is 0.825. The van der Waals surface area contributed by atoms with Crippen LogP contribution in [-0.2, 0) is 0 Å². The molecule has 1 aromatic carbocycles. The van der Waals surface area contributed by atoms with E-state index in [4.69, 9.17) is 10.7 Å². The second-order valence-corrected chi connectivity index (χ2v) is 9.22. The van der Waals surface area contributed by atoms with E-state index in [1.807, 2.05) is 18.2 Å². The number of nitrogens with two attached hydrogens (primary N) is 1. The van der Waals surface area contributed by atoms with Gasteiger partial charge in [0.05, 0.1) is 12.6 Å². The van der Waals surface area contributed by atoms with Crippen LogP contribution in [0.5, 0.6) is 0 Å². The zero-order valence-electron chi connectivity index (χ0n) is 15.7. The zero-order valence-corrected chi connectivity index (χ0v) is 17.3. The van der Waals surface area contributed by atoms with E-state index in [1.165, 1.54) is 16.9 Å². The van der Waals surface area contributed by atoms with Crippen LogP contribution in [-0.4, -0.2) is 32.7 Å². The minimum atomic E-state index is -0.0733. The van der Waals surface area contributed by atoms with Crippen molar-refractivity contribution in [1.82, 2.24) is 15.0 Å². The van der Waals surface area contributed by atoms with Gasteiger partial charge in [-0.05, 0) is 24.8 Å². The Kier molecular flexibility index (Phi) is 6.51. The van der Waals surface area contributed by atoms with Gasteiger partial charge in [0.25, 0.3) is 0 Å². The largest absolute Gasteiger partial charge is 0.394 e. The fourth-order valence-electron chi connectivity index (χ4n) is 2.86. The zero-order chi connectivity index (χ0) is 19.4. The molecule has 0 saturated carbocycles. The first kappa shape index (κ1) is 19.9. The van der Waals surface area contributed by atoms with Gasteiger partial charge in [-0.2, -0.15) is 0 Å². The smallest absolute Gasteiger partial charge is 0.192 e. The van der Waals surface area contributed by atoms with E-state index in [2.05, 4.69) is 48.2 Å². The standard InChI is InChI=1S/C19H25N5OS2/c1-11(2)9-14(10-25)21-16-15-17(22-18(20)27-15)24-19(23-16)26-12(3)13-7-5-4-6-8-13/h4-8,11-12,14,25H,9-10H2,1-3H3,(H3,20,21,22,23,24)/t12?,14-/m1/s1. The second-order valence-electron chi connectivity index (χ2n) is 6.88. The molecule has 144 valence electrons. The lowest BCUT2D eigenvalue weighted by molar-refractivity contribution is 0.259. The first-order chi connectivity index (χ1) is 13.0. The maximum Gasteiger partial charge on any atom is 0.192 e. The quantitative estimate of drug-likeness (QED) is 0.380. The third kappa shape index (κ3) is 5.09. The molecule has 0 aliphatic rings. The van der Waals surface area contributed by atoms with Crippen LogP contribution in [0.2, 0.25) is 0 Å². The third-order valence-corrected chi connectivity index (χ3v) is 6.02. The number of aromatic nitrogens is 3. The van der Waals surface area contributed by atoms with E-state index < -0.39 is 0 Å². The molecule has 3 rings (SSSR count). The summed E-state index contributed by atoms with van der Waals surface area (Å²) >= 11 is 2.94. The monoisotopic (exact) mass is 403 g/mol. The van der Waals surface area contributed by atoms with Gasteiger partial charge in [-0.3, -0.25) is 0 Å². The van der Waals surface area contributed by atoms with E-state index in [1.54, 1.807) is 11.8 Å². The first-order valence-corrected chi connectivity index (χ1v) is 10.7. The Labute approximate surface area is 167 Å². The number of nitrogens with one attached hydrogen (secondary N) is 1. The highest BCUT2D eigenvalue weighted by Crippen LogP contribution is 2.36. The van der Waals surface area contributed by atoms with Gasteiger partial charge in [0.15, 0.2) is 21.8 Å². The lowest BCUT2D eigenvalue weighted by atomic mass is 10.0. The molecule has 0 amide bonds. The van der Waals surface area contributed by atoms with Crippen molar-refractivity contribution in [1.29, 1.82) is 0 Å². The normalized spacial score (nSPS) is 13.8. The van der Waals surface area contributed by atoms with Gasteiger partial charge in [-0.1, -0.05) is 67.3 Å². The van der Waals surface area contributed by atoms with Crippen molar-refractivity contribution in [3.05, 3.63) is 35.9 Å². The number of nitrogens with zero attached hydrogens (tertiary/aromatic N) is 3. The maximum atomic E-state index is 9.73. The summed E-state index contributed by atoms with van der Waals surface area (Å²) in [5.41, 5.74) is 7.71. The highest BCUT2D eigenvalue weighted by molar-refractivity contribution is 7.99. The molecule has 0 fully saturated rings. The lowest BCUT2D eigenvalue weighted by Crippen LogP contribution is -2.26. The Hall–Kier alpha value is -1.90. The molecule has 0 radical (unpaired) electrons. The summed E-state index contributed by atoms with van der Waals surface area (Å²) in [5.74, 6) is 1.15. The number of rotatable bonds is 8. The summed E-state index contributed by atoms with van der Waals surface area (Å²) in [6.07, 6.45) is 0.846. The number of anilines is 2. The predicted octanol–water partition coefficient (Wildman–Crippen LogP) is 4.34. The molecule has 0 aliphatic heterocycles. The molecule has 0 saturated heterocycles. The van der Waals surface area contributed by atoms with Gasteiger partial charge in [0.2, 0.25) is 0 Å². The summed E-state index contributed by atoms with van der Waals surface area (Å²) in [7, 11) is 0. The van der Waals surface area contributed by atoms with Crippen molar-refractivity contribution < 1.29 is 5.11 Å². The molecule has 0 spiro atoms. The molecular weight excluding hydrogens is 378 g/mol. The van der Waals surface area contributed by atoms with Crippen LogP contribution in [0.15, 0.2) is 35.5 Å². The second kappa shape index (κ2) is 8.86. The maximum absolute atomic E-state index is 9.73. The van der Waals surface area contributed by atoms with E-state index in [0.29, 0.717) is 27.7 Å². The minimum absolute atomic E-state index is 0.0425. The average molecular weight is 404 g/mol.